The van der Waals surface area contributed by atoms with Gasteiger partial charge in [-0.15, -0.1) is 0 Å². The number of aryl methyl sites for hydroxylation is 1. The fraction of sp³-hybridized carbons (Fsp3) is 0.333. The lowest BCUT2D eigenvalue weighted by molar-refractivity contribution is 0.0299. The summed E-state index contributed by atoms with van der Waals surface area (Å²) >= 11 is 0. The lowest BCUT2D eigenvalue weighted by atomic mass is 10.1. The number of amides is 1. The Morgan fingerprint density at radius 2 is 1.91 bits per heavy atom. The van der Waals surface area contributed by atoms with Crippen LogP contribution < -0.4 is 5.32 Å². The van der Waals surface area contributed by atoms with E-state index in [1.54, 1.807) is 17.2 Å². The number of nitrogens with zero attached hydrogens (tertiary/aromatic N) is 2. The third-order valence-corrected chi connectivity index (χ3v) is 3.93. The quantitative estimate of drug-likeness (QED) is 0.943. The molecule has 1 N–H and O–H groups in total. The molecule has 120 valence electrons. The molecule has 2 heterocycles. The number of hydrogen-bond donors (Lipinski definition) is 1. The summed E-state index contributed by atoms with van der Waals surface area (Å²) < 4.78 is 5.28. The molecule has 5 heteroatoms. The number of pyridine rings is 1. The summed E-state index contributed by atoms with van der Waals surface area (Å²) in [6.45, 7) is 4.56. The lowest BCUT2D eigenvalue weighted by Gasteiger charge is -2.26. The Labute approximate surface area is 136 Å². The number of hydrogen-bond acceptors (Lipinski definition) is 4. The summed E-state index contributed by atoms with van der Waals surface area (Å²) in [6, 6.07) is 12.0. The number of carbonyl (C=O) groups excluding carboxylic acids is 1. The number of carbonyl (C=O) groups is 1. The third-order valence-electron chi connectivity index (χ3n) is 3.93. The molecule has 0 atom stereocenters. The predicted octanol–water partition coefficient (Wildman–Crippen LogP) is 2.86. The van der Waals surface area contributed by atoms with Gasteiger partial charge in [-0.1, -0.05) is 19.1 Å². The number of benzene rings is 1. The number of nitrogens with one attached hydrogen (secondary N) is 1. The van der Waals surface area contributed by atoms with Gasteiger partial charge in [0, 0.05) is 30.7 Å². The number of anilines is 2. The minimum atomic E-state index is -0.0433. The van der Waals surface area contributed by atoms with Crippen molar-refractivity contribution in [1.29, 1.82) is 0 Å². The highest BCUT2D eigenvalue weighted by atomic mass is 16.5. The summed E-state index contributed by atoms with van der Waals surface area (Å²) in [4.78, 5) is 18.5. The second-order valence-electron chi connectivity index (χ2n) is 5.51. The maximum atomic E-state index is 12.5. The largest absolute Gasteiger partial charge is 0.378 e. The Kier molecular flexibility index (Phi) is 4.88. The van der Waals surface area contributed by atoms with E-state index in [9.17, 15) is 4.79 Å². The SMILES string of the molecule is CCc1ccc(Nc2ccnc(C(=O)N3CCOCC3)c2)cc1. The van der Waals surface area contributed by atoms with Crippen molar-refractivity contribution in [3.05, 3.63) is 53.9 Å². The van der Waals surface area contributed by atoms with Gasteiger partial charge in [-0.3, -0.25) is 9.78 Å². The smallest absolute Gasteiger partial charge is 0.272 e. The molecule has 0 aliphatic carbocycles. The molecular formula is C18H21N3O2. The number of morpholine rings is 1. The molecule has 0 radical (unpaired) electrons. The summed E-state index contributed by atoms with van der Waals surface area (Å²) in [5.74, 6) is -0.0433. The molecular weight excluding hydrogens is 290 g/mol. The molecule has 23 heavy (non-hydrogen) atoms. The van der Waals surface area contributed by atoms with Crippen LogP contribution in [0.25, 0.3) is 0 Å². The molecule has 1 aliphatic rings. The van der Waals surface area contributed by atoms with Gasteiger partial charge < -0.3 is 15.0 Å². The lowest BCUT2D eigenvalue weighted by Crippen LogP contribution is -2.41. The Morgan fingerprint density at radius 1 is 1.17 bits per heavy atom. The zero-order chi connectivity index (χ0) is 16.1. The van der Waals surface area contributed by atoms with E-state index in [-0.39, 0.29) is 5.91 Å². The van der Waals surface area contributed by atoms with Crippen LogP contribution in [0.4, 0.5) is 11.4 Å². The molecule has 0 saturated carbocycles. The maximum Gasteiger partial charge on any atom is 0.272 e. The number of ether oxygens (including phenoxy) is 1. The standard InChI is InChI=1S/C18H21N3O2/c1-2-14-3-5-15(6-4-14)20-16-7-8-19-17(13-16)18(22)21-9-11-23-12-10-21/h3-8,13H,2,9-12H2,1H3,(H,19,20). The molecule has 0 unspecified atom stereocenters. The van der Waals surface area contributed by atoms with Gasteiger partial charge in [-0.05, 0) is 36.2 Å². The average molecular weight is 311 g/mol. The summed E-state index contributed by atoms with van der Waals surface area (Å²) in [5.41, 5.74) is 3.62. The van der Waals surface area contributed by atoms with Crippen molar-refractivity contribution in [3.63, 3.8) is 0 Å². The molecule has 1 aromatic heterocycles. The molecule has 3 rings (SSSR count). The molecule has 0 bridgehead atoms. The van der Waals surface area contributed by atoms with E-state index in [2.05, 4.69) is 29.4 Å². The molecule has 2 aromatic rings. The number of aromatic nitrogens is 1. The Bertz CT molecular complexity index is 664. The second kappa shape index (κ2) is 7.24. The van der Waals surface area contributed by atoms with Crippen molar-refractivity contribution >= 4 is 17.3 Å². The summed E-state index contributed by atoms with van der Waals surface area (Å²) in [6.07, 6.45) is 2.68. The van der Waals surface area contributed by atoms with Gasteiger partial charge >= 0.3 is 0 Å². The van der Waals surface area contributed by atoms with Crippen molar-refractivity contribution in [2.24, 2.45) is 0 Å². The van der Waals surface area contributed by atoms with Crippen molar-refractivity contribution in [2.45, 2.75) is 13.3 Å². The average Bonchev–Trinajstić information content (AvgIpc) is 2.63. The minimum absolute atomic E-state index is 0.0433. The Hall–Kier alpha value is -2.40. The van der Waals surface area contributed by atoms with Crippen LogP contribution in [0.1, 0.15) is 23.0 Å². The van der Waals surface area contributed by atoms with Crippen LogP contribution in [0, 0.1) is 0 Å². The minimum Gasteiger partial charge on any atom is -0.378 e. The van der Waals surface area contributed by atoms with Crippen LogP contribution in [0.15, 0.2) is 42.6 Å². The monoisotopic (exact) mass is 311 g/mol. The van der Waals surface area contributed by atoms with Gasteiger partial charge in [0.2, 0.25) is 0 Å². The van der Waals surface area contributed by atoms with Crippen molar-refractivity contribution < 1.29 is 9.53 Å². The van der Waals surface area contributed by atoms with E-state index < -0.39 is 0 Å². The van der Waals surface area contributed by atoms with Gasteiger partial charge in [-0.2, -0.15) is 0 Å². The normalized spacial score (nSPS) is 14.6. The molecule has 0 spiro atoms. The second-order valence-corrected chi connectivity index (χ2v) is 5.51. The van der Waals surface area contributed by atoms with Crippen molar-refractivity contribution in [3.8, 4) is 0 Å². The first-order valence-electron chi connectivity index (χ1n) is 7.95. The van der Waals surface area contributed by atoms with Crippen LogP contribution >= 0.6 is 0 Å². The first kappa shape index (κ1) is 15.5. The highest BCUT2D eigenvalue weighted by molar-refractivity contribution is 5.93. The fourth-order valence-corrected chi connectivity index (χ4v) is 2.54. The molecule has 1 saturated heterocycles. The zero-order valence-electron chi connectivity index (χ0n) is 13.3. The number of rotatable bonds is 4. The van der Waals surface area contributed by atoms with Crippen LogP contribution in [-0.2, 0) is 11.2 Å². The highest BCUT2D eigenvalue weighted by Crippen LogP contribution is 2.18. The van der Waals surface area contributed by atoms with Gasteiger partial charge in [0.25, 0.3) is 5.91 Å². The maximum absolute atomic E-state index is 12.5. The fourth-order valence-electron chi connectivity index (χ4n) is 2.54. The summed E-state index contributed by atoms with van der Waals surface area (Å²) in [7, 11) is 0. The first-order chi connectivity index (χ1) is 11.3. The topological polar surface area (TPSA) is 54.5 Å². The van der Waals surface area contributed by atoms with Gasteiger partial charge in [0.1, 0.15) is 5.69 Å². The van der Waals surface area contributed by atoms with Gasteiger partial charge in [0.15, 0.2) is 0 Å². The van der Waals surface area contributed by atoms with E-state index >= 15 is 0 Å². The van der Waals surface area contributed by atoms with E-state index in [1.807, 2.05) is 18.2 Å². The first-order valence-corrected chi connectivity index (χ1v) is 7.95. The van der Waals surface area contributed by atoms with Gasteiger partial charge in [0.05, 0.1) is 13.2 Å². The van der Waals surface area contributed by atoms with Crippen molar-refractivity contribution in [1.82, 2.24) is 9.88 Å². The predicted molar refractivity (Wildman–Crippen MR) is 90.1 cm³/mol. The highest BCUT2D eigenvalue weighted by Gasteiger charge is 2.19. The van der Waals surface area contributed by atoms with E-state index in [0.29, 0.717) is 32.0 Å². The Balaban J connectivity index is 1.72. The van der Waals surface area contributed by atoms with Crippen LogP contribution in [0.3, 0.4) is 0 Å². The molecule has 1 aliphatic heterocycles. The van der Waals surface area contributed by atoms with Crippen molar-refractivity contribution in [2.75, 3.05) is 31.6 Å². The molecule has 1 fully saturated rings. The molecule has 1 amide bonds. The molecule has 5 nitrogen and oxygen atoms in total. The van der Waals surface area contributed by atoms with Crippen LogP contribution in [0.2, 0.25) is 0 Å². The van der Waals surface area contributed by atoms with Gasteiger partial charge in [-0.25, -0.2) is 0 Å². The van der Waals surface area contributed by atoms with Crippen LogP contribution in [0.5, 0.6) is 0 Å². The third kappa shape index (κ3) is 3.87. The molecule has 1 aromatic carbocycles. The van der Waals surface area contributed by atoms with Crippen LogP contribution in [-0.4, -0.2) is 42.1 Å². The van der Waals surface area contributed by atoms with E-state index in [0.717, 1.165) is 17.8 Å². The van der Waals surface area contributed by atoms with E-state index in [4.69, 9.17) is 4.74 Å². The zero-order valence-corrected chi connectivity index (χ0v) is 13.3. The van der Waals surface area contributed by atoms with E-state index in [1.165, 1.54) is 5.56 Å². The summed E-state index contributed by atoms with van der Waals surface area (Å²) in [5, 5.41) is 3.32. The Morgan fingerprint density at radius 3 is 2.61 bits per heavy atom.